The summed E-state index contributed by atoms with van der Waals surface area (Å²) in [6.07, 6.45) is 7.69. The number of amides is 1. The number of carbonyl (C=O) groups is 1. The zero-order chi connectivity index (χ0) is 20.3. The van der Waals surface area contributed by atoms with Crippen LogP contribution in [0.3, 0.4) is 0 Å². The maximum atomic E-state index is 13.1. The summed E-state index contributed by atoms with van der Waals surface area (Å²) in [5.41, 5.74) is 2.97. The third-order valence-corrected chi connectivity index (χ3v) is 5.79. The summed E-state index contributed by atoms with van der Waals surface area (Å²) in [4.78, 5) is 27.7. The summed E-state index contributed by atoms with van der Waals surface area (Å²) in [6, 6.07) is 8.17. The molecule has 8 nitrogen and oxygen atoms in total. The van der Waals surface area contributed by atoms with E-state index in [1.807, 2.05) is 17.0 Å². The van der Waals surface area contributed by atoms with Crippen LogP contribution in [0, 0.1) is 5.92 Å². The first-order chi connectivity index (χ1) is 14.8. The lowest BCUT2D eigenvalue weighted by Gasteiger charge is -2.35. The molecule has 0 spiro atoms. The number of fused-ring (bicyclic) bond motifs is 1. The number of aromatic nitrogens is 4. The Kier molecular flexibility index (Phi) is 5.23. The predicted molar refractivity (Wildman–Crippen MR) is 107 cm³/mol. The molecule has 8 heteroatoms. The summed E-state index contributed by atoms with van der Waals surface area (Å²) in [7, 11) is 0. The number of ether oxygens (including phenoxy) is 1. The predicted octanol–water partition coefficient (Wildman–Crippen LogP) is 2.45. The molecule has 1 fully saturated rings. The molecule has 2 aliphatic heterocycles. The van der Waals surface area contributed by atoms with Gasteiger partial charge in [0, 0.05) is 38.3 Å². The SMILES string of the molecule is O=C(C1Cc2ccccc2CO1)N1CCCC(Cc2nc(-c3cnccn3)no2)C1. The number of hydrogen-bond acceptors (Lipinski definition) is 7. The second-order valence-corrected chi connectivity index (χ2v) is 7.87. The molecule has 0 radical (unpaired) electrons. The normalized spacial score (nSPS) is 21.3. The van der Waals surface area contributed by atoms with Crippen LogP contribution >= 0.6 is 0 Å². The first-order valence-electron chi connectivity index (χ1n) is 10.3. The van der Waals surface area contributed by atoms with Gasteiger partial charge < -0.3 is 14.2 Å². The Morgan fingerprint density at radius 3 is 2.97 bits per heavy atom. The largest absolute Gasteiger partial charge is 0.363 e. The number of rotatable bonds is 4. The molecular weight excluding hydrogens is 382 g/mol. The van der Waals surface area contributed by atoms with E-state index in [4.69, 9.17) is 9.26 Å². The van der Waals surface area contributed by atoms with E-state index in [9.17, 15) is 4.79 Å². The number of hydrogen-bond donors (Lipinski definition) is 0. The molecule has 5 rings (SSSR count). The van der Waals surface area contributed by atoms with E-state index >= 15 is 0 Å². The van der Waals surface area contributed by atoms with Crippen LogP contribution in [0.1, 0.15) is 29.9 Å². The van der Waals surface area contributed by atoms with E-state index in [-0.39, 0.29) is 11.8 Å². The van der Waals surface area contributed by atoms with E-state index in [0.29, 0.717) is 43.4 Å². The Balaban J connectivity index is 1.21. The number of benzene rings is 1. The van der Waals surface area contributed by atoms with E-state index in [0.717, 1.165) is 19.4 Å². The standard InChI is InChI=1S/C22H23N5O3/c28-22(19-11-16-5-1-2-6-17(16)14-29-19)27-9-3-4-15(13-27)10-20-25-21(26-30-20)18-12-23-7-8-24-18/h1-2,5-8,12,15,19H,3-4,9-11,13-14H2. The maximum Gasteiger partial charge on any atom is 0.252 e. The molecule has 4 heterocycles. The van der Waals surface area contributed by atoms with Crippen molar-refractivity contribution in [2.75, 3.05) is 13.1 Å². The average molecular weight is 405 g/mol. The summed E-state index contributed by atoms with van der Waals surface area (Å²) < 4.78 is 11.3. The molecule has 2 atom stereocenters. The van der Waals surface area contributed by atoms with Gasteiger partial charge in [0.15, 0.2) is 0 Å². The summed E-state index contributed by atoms with van der Waals surface area (Å²) in [5, 5.41) is 4.01. The Bertz CT molecular complexity index is 1020. The van der Waals surface area contributed by atoms with E-state index in [2.05, 4.69) is 32.2 Å². The van der Waals surface area contributed by atoms with E-state index in [1.54, 1.807) is 18.6 Å². The van der Waals surface area contributed by atoms with Gasteiger partial charge in [0.25, 0.3) is 5.91 Å². The van der Waals surface area contributed by atoms with Crippen molar-refractivity contribution in [2.24, 2.45) is 5.92 Å². The molecule has 1 amide bonds. The summed E-state index contributed by atoms with van der Waals surface area (Å²) in [5.74, 6) is 1.38. The lowest BCUT2D eigenvalue weighted by atomic mass is 9.93. The van der Waals surface area contributed by atoms with Crippen LogP contribution in [0.25, 0.3) is 11.5 Å². The van der Waals surface area contributed by atoms with Crippen LogP contribution in [-0.2, 0) is 29.0 Å². The van der Waals surface area contributed by atoms with Crippen LogP contribution in [0.5, 0.6) is 0 Å². The lowest BCUT2D eigenvalue weighted by Crippen LogP contribution is -2.47. The van der Waals surface area contributed by atoms with Crippen molar-refractivity contribution >= 4 is 5.91 Å². The second kappa shape index (κ2) is 8.31. The lowest BCUT2D eigenvalue weighted by molar-refractivity contribution is -0.147. The quantitative estimate of drug-likeness (QED) is 0.658. The van der Waals surface area contributed by atoms with Crippen molar-refractivity contribution in [3.8, 4) is 11.5 Å². The first kappa shape index (κ1) is 18.9. The highest BCUT2D eigenvalue weighted by atomic mass is 16.5. The van der Waals surface area contributed by atoms with Crippen LogP contribution in [0.4, 0.5) is 0 Å². The number of nitrogens with zero attached hydrogens (tertiary/aromatic N) is 5. The fourth-order valence-corrected chi connectivity index (χ4v) is 4.24. The highest BCUT2D eigenvalue weighted by molar-refractivity contribution is 5.81. The van der Waals surface area contributed by atoms with E-state index in [1.165, 1.54) is 11.1 Å². The van der Waals surface area contributed by atoms with Crippen LogP contribution < -0.4 is 0 Å². The van der Waals surface area contributed by atoms with Crippen molar-refractivity contribution in [1.29, 1.82) is 0 Å². The average Bonchev–Trinajstić information content (AvgIpc) is 3.27. The fraction of sp³-hybridized carbons (Fsp3) is 0.409. The van der Waals surface area contributed by atoms with Crippen LogP contribution in [0.15, 0.2) is 47.4 Å². The summed E-state index contributed by atoms with van der Waals surface area (Å²) >= 11 is 0. The minimum atomic E-state index is -0.398. The van der Waals surface area contributed by atoms with Crippen molar-refractivity contribution in [3.05, 3.63) is 59.9 Å². The zero-order valence-corrected chi connectivity index (χ0v) is 16.6. The Morgan fingerprint density at radius 2 is 2.10 bits per heavy atom. The molecule has 2 aromatic heterocycles. The number of carbonyl (C=O) groups excluding carboxylic acids is 1. The minimum absolute atomic E-state index is 0.0833. The minimum Gasteiger partial charge on any atom is -0.363 e. The van der Waals surface area contributed by atoms with Gasteiger partial charge in [-0.3, -0.25) is 9.78 Å². The molecule has 0 N–H and O–H groups in total. The molecule has 30 heavy (non-hydrogen) atoms. The highest BCUT2D eigenvalue weighted by Gasteiger charge is 2.32. The third kappa shape index (κ3) is 3.95. The van der Waals surface area contributed by atoms with Crippen molar-refractivity contribution in [1.82, 2.24) is 25.0 Å². The summed E-state index contributed by atoms with van der Waals surface area (Å²) in [6.45, 7) is 1.95. The molecule has 0 saturated carbocycles. The van der Waals surface area contributed by atoms with Crippen molar-refractivity contribution in [2.45, 2.75) is 38.4 Å². The molecule has 2 unspecified atom stereocenters. The van der Waals surface area contributed by atoms with Gasteiger partial charge in [0.05, 0.1) is 12.8 Å². The molecule has 1 saturated heterocycles. The Morgan fingerprint density at radius 1 is 1.20 bits per heavy atom. The molecule has 3 aromatic rings. The zero-order valence-electron chi connectivity index (χ0n) is 16.6. The molecule has 0 aliphatic carbocycles. The van der Waals surface area contributed by atoms with Gasteiger partial charge in [0.1, 0.15) is 11.8 Å². The Hall–Kier alpha value is -3.13. The van der Waals surface area contributed by atoms with Gasteiger partial charge in [-0.05, 0) is 29.9 Å². The topological polar surface area (TPSA) is 94.2 Å². The van der Waals surface area contributed by atoms with Crippen LogP contribution in [-0.4, -0.2) is 50.1 Å². The monoisotopic (exact) mass is 405 g/mol. The molecule has 2 aliphatic rings. The smallest absolute Gasteiger partial charge is 0.252 e. The van der Waals surface area contributed by atoms with E-state index < -0.39 is 6.10 Å². The van der Waals surface area contributed by atoms with Gasteiger partial charge in [-0.2, -0.15) is 4.98 Å². The van der Waals surface area contributed by atoms with Crippen molar-refractivity contribution in [3.63, 3.8) is 0 Å². The second-order valence-electron chi connectivity index (χ2n) is 7.87. The molecule has 154 valence electrons. The molecule has 1 aromatic carbocycles. The van der Waals surface area contributed by atoms with Crippen molar-refractivity contribution < 1.29 is 14.1 Å². The first-order valence-corrected chi connectivity index (χ1v) is 10.3. The van der Waals surface area contributed by atoms with Crippen LogP contribution in [0.2, 0.25) is 0 Å². The van der Waals surface area contributed by atoms with Gasteiger partial charge in [-0.25, -0.2) is 4.98 Å². The fourth-order valence-electron chi connectivity index (χ4n) is 4.24. The highest BCUT2D eigenvalue weighted by Crippen LogP contribution is 2.25. The molecule has 0 bridgehead atoms. The van der Waals surface area contributed by atoms with Gasteiger partial charge in [-0.1, -0.05) is 29.4 Å². The number of piperidine rings is 1. The maximum absolute atomic E-state index is 13.1. The molecular formula is C22H23N5O3. The van der Waals surface area contributed by atoms with Gasteiger partial charge in [0.2, 0.25) is 11.7 Å². The Labute approximate surface area is 174 Å². The number of likely N-dealkylation sites (tertiary alicyclic amines) is 1. The van der Waals surface area contributed by atoms with Gasteiger partial charge in [-0.15, -0.1) is 0 Å². The van der Waals surface area contributed by atoms with Gasteiger partial charge >= 0.3 is 0 Å². The third-order valence-electron chi connectivity index (χ3n) is 5.79.